The van der Waals surface area contributed by atoms with Crippen LogP contribution in [-0.4, -0.2) is 59.9 Å². The first kappa shape index (κ1) is 36.5. The molecule has 0 aliphatic carbocycles. The van der Waals surface area contributed by atoms with Gasteiger partial charge in [-0.1, -0.05) is 90.9 Å². The zero-order chi connectivity index (χ0) is 28.7. The molecule has 0 heterocycles. The summed E-state index contributed by atoms with van der Waals surface area (Å²) in [5.74, 6) is -2.39. The van der Waals surface area contributed by atoms with E-state index in [1.54, 1.807) is 0 Å². The normalized spacial score (nSPS) is 14.4. The Bertz CT molecular complexity index is 691. The van der Waals surface area contributed by atoms with Gasteiger partial charge in [-0.3, -0.25) is 23.4 Å². The molecule has 12 heteroatoms. The molecule has 0 aromatic rings. The number of unbranched alkanes of at least 4 members (excludes halogenated alkanes) is 12. The lowest BCUT2D eigenvalue weighted by atomic mass is 10.1. The molecular weight excluding hydrogens is 517 g/mol. The SMILES string of the molecule is CCCCCCCCCC(=O)OC[C@H](COP(=O)(O)OC[C@@H](N)C(=O)O)OC(=O)CCCCCCCCC. The van der Waals surface area contributed by atoms with Gasteiger partial charge < -0.3 is 25.2 Å². The second-order valence-corrected chi connectivity index (χ2v) is 11.0. The fourth-order valence-electron chi connectivity index (χ4n) is 3.53. The quantitative estimate of drug-likeness (QED) is 0.0706. The third kappa shape index (κ3) is 22.5. The largest absolute Gasteiger partial charge is 0.480 e. The minimum absolute atomic E-state index is 0.164. The average molecular weight is 568 g/mol. The van der Waals surface area contributed by atoms with Crippen molar-refractivity contribution in [1.29, 1.82) is 0 Å². The Kier molecular flexibility index (Phi) is 22.4. The van der Waals surface area contributed by atoms with Gasteiger partial charge in [0.2, 0.25) is 0 Å². The molecule has 0 amide bonds. The van der Waals surface area contributed by atoms with Gasteiger partial charge in [-0.25, -0.2) is 4.57 Å². The van der Waals surface area contributed by atoms with E-state index in [4.69, 9.17) is 24.8 Å². The van der Waals surface area contributed by atoms with Gasteiger partial charge in [0, 0.05) is 12.8 Å². The summed E-state index contributed by atoms with van der Waals surface area (Å²) in [6, 6.07) is -1.51. The van der Waals surface area contributed by atoms with E-state index in [1.807, 2.05) is 0 Å². The number of ether oxygens (including phenoxy) is 2. The standard InChI is InChI=1S/C26H50NO10P/c1-3-5-7-9-11-13-15-17-24(28)34-19-22(20-35-38(32,33)36-21-23(27)26(30)31)37-25(29)18-16-14-12-10-8-6-4-2/h22-23H,3-21,27H2,1-2H3,(H,30,31)(H,32,33)/t22-,23-/m1/s1. The molecule has 38 heavy (non-hydrogen) atoms. The van der Waals surface area contributed by atoms with Gasteiger partial charge in [0.1, 0.15) is 12.6 Å². The monoisotopic (exact) mass is 567 g/mol. The summed E-state index contributed by atoms with van der Waals surface area (Å²) in [5.41, 5.74) is 5.26. The van der Waals surface area contributed by atoms with E-state index in [2.05, 4.69) is 18.4 Å². The van der Waals surface area contributed by atoms with Crippen LogP contribution in [0.1, 0.15) is 117 Å². The summed E-state index contributed by atoms with van der Waals surface area (Å²) in [4.78, 5) is 45.0. The number of phosphoric ester groups is 1. The van der Waals surface area contributed by atoms with E-state index in [1.165, 1.54) is 32.1 Å². The van der Waals surface area contributed by atoms with E-state index < -0.39 is 51.1 Å². The number of carbonyl (C=O) groups is 3. The molecule has 1 unspecified atom stereocenters. The van der Waals surface area contributed by atoms with Gasteiger partial charge in [-0.2, -0.15) is 0 Å². The number of rotatable bonds is 26. The first-order chi connectivity index (χ1) is 18.1. The molecule has 0 bridgehead atoms. The van der Waals surface area contributed by atoms with Crippen LogP contribution in [-0.2, 0) is 37.5 Å². The van der Waals surface area contributed by atoms with Gasteiger partial charge in [-0.15, -0.1) is 0 Å². The molecule has 0 saturated heterocycles. The summed E-state index contributed by atoms with van der Waals surface area (Å²) in [7, 11) is -4.68. The van der Waals surface area contributed by atoms with Crippen molar-refractivity contribution >= 4 is 25.7 Å². The van der Waals surface area contributed by atoms with E-state index in [-0.39, 0.29) is 19.4 Å². The third-order valence-corrected chi connectivity index (χ3v) is 6.81. The minimum Gasteiger partial charge on any atom is -0.480 e. The predicted molar refractivity (Wildman–Crippen MR) is 143 cm³/mol. The van der Waals surface area contributed by atoms with Crippen molar-refractivity contribution in [3.63, 3.8) is 0 Å². The predicted octanol–water partition coefficient (Wildman–Crippen LogP) is 5.27. The number of carbonyl (C=O) groups excluding carboxylic acids is 2. The van der Waals surface area contributed by atoms with Crippen LogP contribution in [0.25, 0.3) is 0 Å². The van der Waals surface area contributed by atoms with Crippen molar-refractivity contribution in [1.82, 2.24) is 0 Å². The summed E-state index contributed by atoms with van der Waals surface area (Å²) in [5, 5.41) is 8.76. The fourth-order valence-corrected chi connectivity index (χ4v) is 4.31. The number of phosphoric acid groups is 1. The molecule has 0 fully saturated rings. The highest BCUT2D eigenvalue weighted by atomic mass is 31.2. The molecule has 0 aromatic carbocycles. The minimum atomic E-state index is -4.68. The summed E-state index contributed by atoms with van der Waals surface area (Å²) in [6.45, 7) is 2.63. The Hall–Kier alpha value is -1.52. The number of nitrogens with two attached hydrogens (primary N) is 1. The van der Waals surface area contributed by atoms with Gasteiger partial charge in [0.25, 0.3) is 0 Å². The highest BCUT2D eigenvalue weighted by Gasteiger charge is 2.28. The van der Waals surface area contributed by atoms with Gasteiger partial charge in [0.15, 0.2) is 6.10 Å². The summed E-state index contributed by atoms with van der Waals surface area (Å²) < 4.78 is 32.1. The van der Waals surface area contributed by atoms with Crippen molar-refractivity contribution in [3.05, 3.63) is 0 Å². The van der Waals surface area contributed by atoms with Crippen molar-refractivity contribution in [3.8, 4) is 0 Å². The Balaban J connectivity index is 4.61. The molecule has 224 valence electrons. The molecule has 0 rings (SSSR count). The molecule has 4 N–H and O–H groups in total. The zero-order valence-electron chi connectivity index (χ0n) is 23.3. The van der Waals surface area contributed by atoms with E-state index >= 15 is 0 Å². The third-order valence-electron chi connectivity index (χ3n) is 5.86. The van der Waals surface area contributed by atoms with Crippen LogP contribution < -0.4 is 5.73 Å². The molecule has 0 aliphatic rings. The van der Waals surface area contributed by atoms with Crippen molar-refractivity contribution < 1.29 is 47.5 Å². The van der Waals surface area contributed by atoms with Crippen molar-refractivity contribution in [2.24, 2.45) is 5.73 Å². The van der Waals surface area contributed by atoms with E-state index in [0.717, 1.165) is 44.9 Å². The molecule has 3 atom stereocenters. The first-order valence-electron chi connectivity index (χ1n) is 14.1. The van der Waals surface area contributed by atoms with Crippen LogP contribution in [0, 0.1) is 0 Å². The summed E-state index contributed by atoms with van der Waals surface area (Å²) in [6.07, 6.45) is 13.8. The topological polar surface area (TPSA) is 172 Å². The average Bonchev–Trinajstić information content (AvgIpc) is 2.87. The molecule has 0 radical (unpaired) electrons. The maximum absolute atomic E-state index is 12.3. The second kappa shape index (κ2) is 23.4. The van der Waals surface area contributed by atoms with Crippen LogP contribution in [0.3, 0.4) is 0 Å². The Morgan fingerprint density at radius 3 is 1.66 bits per heavy atom. The maximum atomic E-state index is 12.3. The number of carboxylic acid groups (broad SMARTS) is 1. The Morgan fingerprint density at radius 1 is 0.711 bits per heavy atom. The molecular formula is C26H50NO10P. The van der Waals surface area contributed by atoms with Crippen LogP contribution in [0.15, 0.2) is 0 Å². The molecule has 0 aliphatic heterocycles. The van der Waals surface area contributed by atoms with Gasteiger partial charge in [0.05, 0.1) is 13.2 Å². The van der Waals surface area contributed by atoms with Crippen LogP contribution in [0.2, 0.25) is 0 Å². The van der Waals surface area contributed by atoms with E-state index in [9.17, 15) is 23.8 Å². The maximum Gasteiger partial charge on any atom is 0.472 e. The highest BCUT2D eigenvalue weighted by molar-refractivity contribution is 7.47. The lowest BCUT2D eigenvalue weighted by molar-refractivity contribution is -0.161. The number of hydrogen-bond acceptors (Lipinski definition) is 9. The molecule has 0 aromatic heterocycles. The smallest absolute Gasteiger partial charge is 0.472 e. The van der Waals surface area contributed by atoms with Gasteiger partial charge >= 0.3 is 25.7 Å². The van der Waals surface area contributed by atoms with Crippen LogP contribution in [0.4, 0.5) is 0 Å². The summed E-state index contributed by atoms with van der Waals surface area (Å²) >= 11 is 0. The lowest BCUT2D eigenvalue weighted by Gasteiger charge is -2.20. The van der Waals surface area contributed by atoms with Crippen LogP contribution in [0.5, 0.6) is 0 Å². The number of hydrogen-bond donors (Lipinski definition) is 3. The van der Waals surface area contributed by atoms with Crippen molar-refractivity contribution in [2.75, 3.05) is 19.8 Å². The number of carboxylic acids is 1. The zero-order valence-corrected chi connectivity index (χ0v) is 24.2. The van der Waals surface area contributed by atoms with Crippen molar-refractivity contribution in [2.45, 2.75) is 129 Å². The molecule has 0 spiro atoms. The fraction of sp³-hybridized carbons (Fsp3) is 0.885. The Morgan fingerprint density at radius 2 is 1.16 bits per heavy atom. The second-order valence-electron chi connectivity index (χ2n) is 9.54. The van der Waals surface area contributed by atoms with Crippen LogP contribution >= 0.6 is 7.82 Å². The molecule has 0 saturated carbocycles. The number of aliphatic carboxylic acids is 1. The van der Waals surface area contributed by atoms with E-state index in [0.29, 0.717) is 12.8 Å². The lowest BCUT2D eigenvalue weighted by Crippen LogP contribution is -2.34. The van der Waals surface area contributed by atoms with Gasteiger partial charge in [-0.05, 0) is 12.8 Å². The number of esters is 2. The highest BCUT2D eigenvalue weighted by Crippen LogP contribution is 2.43. The Labute approximate surface area is 227 Å². The molecule has 11 nitrogen and oxygen atoms in total. The first-order valence-corrected chi connectivity index (χ1v) is 15.6.